The van der Waals surface area contributed by atoms with Crippen molar-refractivity contribution in [2.45, 2.75) is 19.5 Å². The Morgan fingerprint density at radius 2 is 1.92 bits per heavy atom. The fraction of sp³-hybridized carbons (Fsp3) is 0.444. The number of aromatic nitrogens is 2. The molecule has 1 aromatic heterocycles. The summed E-state index contributed by atoms with van der Waals surface area (Å²) in [5.74, 6) is -0.194. The van der Waals surface area contributed by atoms with Crippen LogP contribution in [0.4, 0.5) is 10.1 Å². The van der Waals surface area contributed by atoms with Crippen molar-refractivity contribution in [3.05, 3.63) is 48.0 Å². The Bertz CT molecular complexity index is 707. The molecule has 0 spiro atoms. The van der Waals surface area contributed by atoms with E-state index in [1.165, 1.54) is 12.1 Å². The normalized spacial score (nSPS) is 16.7. The van der Waals surface area contributed by atoms with Crippen molar-refractivity contribution in [1.82, 2.24) is 20.0 Å². The van der Waals surface area contributed by atoms with E-state index in [4.69, 9.17) is 0 Å². The highest BCUT2D eigenvalue weighted by Gasteiger charge is 2.25. The lowest BCUT2D eigenvalue weighted by molar-refractivity contribution is -0.126. The second kappa shape index (κ2) is 7.65. The molecule has 1 saturated heterocycles. The number of aryl methyl sites for hydroxylation is 1. The van der Waals surface area contributed by atoms with Crippen LogP contribution < -0.4 is 10.2 Å². The van der Waals surface area contributed by atoms with Crippen molar-refractivity contribution in [2.24, 2.45) is 7.05 Å². The molecule has 1 aliphatic heterocycles. The summed E-state index contributed by atoms with van der Waals surface area (Å²) in [7, 11) is 1.86. The molecule has 7 heteroatoms. The van der Waals surface area contributed by atoms with E-state index in [9.17, 15) is 9.18 Å². The maximum absolute atomic E-state index is 13.0. The number of benzene rings is 1. The van der Waals surface area contributed by atoms with Gasteiger partial charge in [-0.05, 0) is 31.2 Å². The molecular formula is C18H24FN5O. The van der Waals surface area contributed by atoms with Crippen molar-refractivity contribution in [3.63, 3.8) is 0 Å². The molecule has 6 nitrogen and oxygen atoms in total. The van der Waals surface area contributed by atoms with Crippen LogP contribution in [-0.2, 0) is 18.4 Å². The predicted octanol–water partition coefficient (Wildman–Crippen LogP) is 1.39. The largest absolute Gasteiger partial charge is 0.369 e. The molecule has 2 aromatic rings. The molecule has 0 radical (unpaired) electrons. The maximum atomic E-state index is 13.0. The number of hydrogen-bond acceptors (Lipinski definition) is 4. The first-order chi connectivity index (χ1) is 12.0. The Balaban J connectivity index is 1.48. The average molecular weight is 345 g/mol. The number of carbonyl (C=O) groups is 1. The second-order valence-electron chi connectivity index (χ2n) is 6.42. The SMILES string of the molecule is C[C@H](C(=O)NCc1cnn(C)c1)N1CCN(c2ccc(F)cc2)CC1. The molecule has 0 unspecified atom stereocenters. The average Bonchev–Trinajstić information content (AvgIpc) is 3.05. The van der Waals surface area contributed by atoms with Crippen molar-refractivity contribution in [3.8, 4) is 0 Å². The van der Waals surface area contributed by atoms with Gasteiger partial charge in [0.05, 0.1) is 12.2 Å². The van der Waals surface area contributed by atoms with E-state index in [1.54, 1.807) is 23.0 Å². The van der Waals surface area contributed by atoms with Crippen LogP contribution in [0.15, 0.2) is 36.7 Å². The summed E-state index contributed by atoms with van der Waals surface area (Å²) < 4.78 is 14.8. The minimum absolute atomic E-state index is 0.0269. The summed E-state index contributed by atoms with van der Waals surface area (Å²) in [4.78, 5) is 16.8. The number of anilines is 1. The standard InChI is InChI=1S/C18H24FN5O/c1-14(18(25)20-11-15-12-21-22(2)13-15)23-7-9-24(10-8-23)17-5-3-16(19)4-6-17/h3-6,12-14H,7-11H2,1-2H3,(H,20,25)/t14-/m1/s1. The van der Waals surface area contributed by atoms with Gasteiger partial charge in [0.25, 0.3) is 0 Å². The van der Waals surface area contributed by atoms with E-state index in [0.29, 0.717) is 6.54 Å². The van der Waals surface area contributed by atoms with E-state index in [-0.39, 0.29) is 17.8 Å². The van der Waals surface area contributed by atoms with Gasteiger partial charge in [0.1, 0.15) is 5.82 Å². The Hall–Kier alpha value is -2.41. The number of amides is 1. The number of nitrogens with zero attached hydrogens (tertiary/aromatic N) is 4. The third kappa shape index (κ3) is 4.36. The lowest BCUT2D eigenvalue weighted by Crippen LogP contribution is -2.53. The van der Waals surface area contributed by atoms with Gasteiger partial charge in [-0.3, -0.25) is 14.4 Å². The summed E-state index contributed by atoms with van der Waals surface area (Å²) in [6, 6.07) is 6.39. The summed E-state index contributed by atoms with van der Waals surface area (Å²) in [5, 5.41) is 7.07. The molecule has 1 amide bonds. The summed E-state index contributed by atoms with van der Waals surface area (Å²) in [5.41, 5.74) is 2.01. The van der Waals surface area contributed by atoms with Crippen LogP contribution in [0.2, 0.25) is 0 Å². The fourth-order valence-corrected chi connectivity index (χ4v) is 3.09. The Labute approximate surface area is 147 Å². The van der Waals surface area contributed by atoms with Gasteiger partial charge in [-0.15, -0.1) is 0 Å². The highest BCUT2D eigenvalue weighted by atomic mass is 19.1. The molecule has 1 aromatic carbocycles. The second-order valence-corrected chi connectivity index (χ2v) is 6.42. The summed E-state index contributed by atoms with van der Waals surface area (Å²) >= 11 is 0. The van der Waals surface area contributed by atoms with Crippen LogP contribution in [0.1, 0.15) is 12.5 Å². The Morgan fingerprint density at radius 1 is 1.24 bits per heavy atom. The van der Waals surface area contributed by atoms with Crippen LogP contribution in [0, 0.1) is 5.82 Å². The van der Waals surface area contributed by atoms with Crippen molar-refractivity contribution in [1.29, 1.82) is 0 Å². The van der Waals surface area contributed by atoms with Crippen LogP contribution in [0.3, 0.4) is 0 Å². The van der Waals surface area contributed by atoms with Gasteiger partial charge in [-0.1, -0.05) is 0 Å². The molecule has 1 fully saturated rings. The molecule has 0 saturated carbocycles. The van der Waals surface area contributed by atoms with Crippen molar-refractivity contribution in [2.75, 3.05) is 31.1 Å². The molecule has 134 valence electrons. The van der Waals surface area contributed by atoms with Gasteiger partial charge < -0.3 is 10.2 Å². The van der Waals surface area contributed by atoms with E-state index in [1.807, 2.05) is 20.2 Å². The van der Waals surface area contributed by atoms with E-state index < -0.39 is 0 Å². The molecule has 0 aliphatic carbocycles. The van der Waals surface area contributed by atoms with E-state index >= 15 is 0 Å². The smallest absolute Gasteiger partial charge is 0.237 e. The quantitative estimate of drug-likeness (QED) is 0.890. The topological polar surface area (TPSA) is 53.4 Å². The number of piperazine rings is 1. The third-order valence-corrected chi connectivity index (χ3v) is 4.66. The molecular weight excluding hydrogens is 321 g/mol. The monoisotopic (exact) mass is 345 g/mol. The third-order valence-electron chi connectivity index (χ3n) is 4.66. The van der Waals surface area contributed by atoms with Crippen LogP contribution in [0.5, 0.6) is 0 Å². The lowest BCUT2D eigenvalue weighted by Gasteiger charge is -2.38. The van der Waals surface area contributed by atoms with Crippen LogP contribution in [-0.4, -0.2) is 52.8 Å². The summed E-state index contributed by atoms with van der Waals surface area (Å²) in [6.07, 6.45) is 3.65. The van der Waals surface area contributed by atoms with Gasteiger partial charge in [0.2, 0.25) is 5.91 Å². The number of hydrogen-bond donors (Lipinski definition) is 1. The highest BCUT2D eigenvalue weighted by molar-refractivity contribution is 5.81. The molecule has 1 N–H and O–H groups in total. The minimum Gasteiger partial charge on any atom is -0.369 e. The van der Waals surface area contributed by atoms with Gasteiger partial charge in [-0.2, -0.15) is 5.10 Å². The van der Waals surface area contributed by atoms with Crippen molar-refractivity contribution >= 4 is 11.6 Å². The molecule has 2 heterocycles. The van der Waals surface area contributed by atoms with E-state index in [0.717, 1.165) is 37.4 Å². The highest BCUT2D eigenvalue weighted by Crippen LogP contribution is 2.17. The maximum Gasteiger partial charge on any atom is 0.237 e. The van der Waals surface area contributed by atoms with Gasteiger partial charge >= 0.3 is 0 Å². The van der Waals surface area contributed by atoms with Gasteiger partial charge in [0, 0.05) is 57.2 Å². The Kier molecular flexibility index (Phi) is 5.33. The van der Waals surface area contributed by atoms with Gasteiger partial charge in [0.15, 0.2) is 0 Å². The number of nitrogens with one attached hydrogen (secondary N) is 1. The molecule has 3 rings (SSSR count). The number of rotatable bonds is 5. The van der Waals surface area contributed by atoms with Gasteiger partial charge in [-0.25, -0.2) is 4.39 Å². The number of halogens is 1. The molecule has 25 heavy (non-hydrogen) atoms. The predicted molar refractivity (Wildman–Crippen MR) is 94.7 cm³/mol. The Morgan fingerprint density at radius 3 is 2.52 bits per heavy atom. The van der Waals surface area contributed by atoms with E-state index in [2.05, 4.69) is 20.2 Å². The zero-order valence-electron chi connectivity index (χ0n) is 14.7. The molecule has 0 bridgehead atoms. The van der Waals surface area contributed by atoms with Crippen molar-refractivity contribution < 1.29 is 9.18 Å². The first-order valence-corrected chi connectivity index (χ1v) is 8.53. The van der Waals surface area contributed by atoms with Crippen LogP contribution in [0.25, 0.3) is 0 Å². The lowest BCUT2D eigenvalue weighted by atomic mass is 10.2. The summed E-state index contributed by atoms with van der Waals surface area (Å²) in [6.45, 7) is 5.69. The first-order valence-electron chi connectivity index (χ1n) is 8.53. The van der Waals surface area contributed by atoms with Crippen LogP contribution >= 0.6 is 0 Å². The minimum atomic E-state index is -0.221. The zero-order chi connectivity index (χ0) is 17.8. The molecule has 1 aliphatic rings. The fourth-order valence-electron chi connectivity index (χ4n) is 3.09. The molecule has 1 atom stereocenters. The zero-order valence-corrected chi connectivity index (χ0v) is 14.7. The number of carbonyl (C=O) groups excluding carboxylic acids is 1. The first kappa shape index (κ1) is 17.4.